The van der Waals surface area contributed by atoms with Gasteiger partial charge in [0.15, 0.2) is 11.0 Å². The monoisotopic (exact) mass is 529 g/mol. The zero-order valence-corrected chi connectivity index (χ0v) is 22.2. The summed E-state index contributed by atoms with van der Waals surface area (Å²) in [5.41, 5.74) is 3.28. The van der Waals surface area contributed by atoms with E-state index in [1.807, 2.05) is 23.7 Å². The van der Waals surface area contributed by atoms with Gasteiger partial charge in [0.2, 0.25) is 10.0 Å². The summed E-state index contributed by atoms with van der Waals surface area (Å²) in [5.74, 6) is 1.39. The van der Waals surface area contributed by atoms with Gasteiger partial charge >= 0.3 is 0 Å². The fourth-order valence-corrected chi connectivity index (χ4v) is 7.35. The van der Waals surface area contributed by atoms with E-state index in [1.54, 1.807) is 34.3 Å². The SMILES string of the molecule is Cn1c(SCCCN2CCc3ccc(S(=O)(=O)N4CCCC4)cc3CC2)nnc1-c1ccc(F)cc1. The van der Waals surface area contributed by atoms with Gasteiger partial charge in [-0.1, -0.05) is 17.8 Å². The van der Waals surface area contributed by atoms with Crippen LogP contribution in [0.2, 0.25) is 0 Å². The first-order valence-corrected chi connectivity index (χ1v) is 15.0. The second-order valence-electron chi connectivity index (χ2n) is 9.46. The molecule has 0 aliphatic carbocycles. The van der Waals surface area contributed by atoms with Crippen molar-refractivity contribution in [2.24, 2.45) is 7.05 Å². The Morgan fingerprint density at radius 1 is 0.944 bits per heavy atom. The molecule has 3 aromatic rings. The predicted octanol–water partition coefficient (Wildman–Crippen LogP) is 3.99. The highest BCUT2D eigenvalue weighted by Gasteiger charge is 2.28. The van der Waals surface area contributed by atoms with Gasteiger partial charge in [0.25, 0.3) is 0 Å². The van der Waals surface area contributed by atoms with Crippen LogP contribution in [0, 0.1) is 5.82 Å². The number of nitrogens with zero attached hydrogens (tertiary/aromatic N) is 5. The lowest BCUT2D eigenvalue weighted by atomic mass is 10.0. The quantitative estimate of drug-likeness (QED) is 0.325. The highest BCUT2D eigenvalue weighted by atomic mass is 32.2. The average Bonchev–Trinajstić information content (AvgIpc) is 3.50. The minimum absolute atomic E-state index is 0.264. The molecule has 2 aromatic carbocycles. The van der Waals surface area contributed by atoms with Gasteiger partial charge in [-0.05, 0) is 86.2 Å². The molecule has 5 rings (SSSR count). The Morgan fingerprint density at radius 3 is 2.42 bits per heavy atom. The molecule has 0 spiro atoms. The maximum absolute atomic E-state index is 13.2. The number of aromatic nitrogens is 3. The van der Waals surface area contributed by atoms with Crippen molar-refractivity contribution < 1.29 is 12.8 Å². The summed E-state index contributed by atoms with van der Waals surface area (Å²) in [6.07, 6.45) is 4.73. The fourth-order valence-electron chi connectivity index (χ4n) is 4.95. The van der Waals surface area contributed by atoms with Gasteiger partial charge in [-0.15, -0.1) is 10.2 Å². The molecule has 7 nitrogen and oxygen atoms in total. The first kappa shape index (κ1) is 25.4. The smallest absolute Gasteiger partial charge is 0.243 e. The molecule has 0 N–H and O–H groups in total. The average molecular weight is 530 g/mol. The predicted molar refractivity (Wildman–Crippen MR) is 140 cm³/mol. The summed E-state index contributed by atoms with van der Waals surface area (Å²) in [7, 11) is -1.44. The minimum atomic E-state index is -3.38. The lowest BCUT2D eigenvalue weighted by Gasteiger charge is -2.19. The zero-order chi connectivity index (χ0) is 25.1. The fraction of sp³-hybridized carbons (Fsp3) is 0.462. The van der Waals surface area contributed by atoms with E-state index < -0.39 is 10.0 Å². The molecule has 1 fully saturated rings. The molecule has 3 heterocycles. The molecule has 0 amide bonds. The summed E-state index contributed by atoms with van der Waals surface area (Å²) in [6, 6.07) is 12.0. The van der Waals surface area contributed by atoms with Crippen LogP contribution in [0.4, 0.5) is 4.39 Å². The van der Waals surface area contributed by atoms with E-state index in [2.05, 4.69) is 15.1 Å². The molecule has 36 heavy (non-hydrogen) atoms. The lowest BCUT2D eigenvalue weighted by Crippen LogP contribution is -2.28. The van der Waals surface area contributed by atoms with Crippen LogP contribution in [-0.2, 0) is 29.9 Å². The molecular weight excluding hydrogens is 497 g/mol. The molecule has 192 valence electrons. The first-order valence-electron chi connectivity index (χ1n) is 12.5. The molecule has 0 atom stereocenters. The van der Waals surface area contributed by atoms with Crippen LogP contribution in [0.3, 0.4) is 0 Å². The zero-order valence-electron chi connectivity index (χ0n) is 20.6. The van der Waals surface area contributed by atoms with Gasteiger partial charge in [0, 0.05) is 44.5 Å². The Bertz CT molecular complexity index is 1300. The van der Waals surface area contributed by atoms with Crippen LogP contribution in [0.5, 0.6) is 0 Å². The van der Waals surface area contributed by atoms with Crippen LogP contribution in [-0.4, -0.2) is 70.9 Å². The van der Waals surface area contributed by atoms with Gasteiger partial charge < -0.3 is 9.47 Å². The summed E-state index contributed by atoms with van der Waals surface area (Å²) >= 11 is 1.68. The van der Waals surface area contributed by atoms with Crippen LogP contribution >= 0.6 is 11.8 Å². The van der Waals surface area contributed by atoms with E-state index in [0.29, 0.717) is 18.0 Å². The second kappa shape index (κ2) is 11.0. The number of rotatable bonds is 8. The van der Waals surface area contributed by atoms with E-state index >= 15 is 0 Å². The van der Waals surface area contributed by atoms with Crippen LogP contribution in [0.1, 0.15) is 30.4 Å². The summed E-state index contributed by atoms with van der Waals surface area (Å²) < 4.78 is 42.7. The van der Waals surface area contributed by atoms with Crippen molar-refractivity contribution in [1.82, 2.24) is 24.0 Å². The van der Waals surface area contributed by atoms with Gasteiger partial charge in [-0.3, -0.25) is 0 Å². The van der Waals surface area contributed by atoms with Crippen molar-refractivity contribution in [2.45, 2.75) is 42.2 Å². The van der Waals surface area contributed by atoms with Crippen molar-refractivity contribution in [3.8, 4) is 11.4 Å². The molecule has 0 bridgehead atoms. The first-order chi connectivity index (χ1) is 17.4. The normalized spacial score (nSPS) is 17.3. The Kier molecular flexibility index (Phi) is 7.76. The Balaban J connectivity index is 1.13. The Morgan fingerprint density at radius 2 is 1.67 bits per heavy atom. The van der Waals surface area contributed by atoms with E-state index in [0.717, 1.165) is 74.0 Å². The van der Waals surface area contributed by atoms with Crippen molar-refractivity contribution in [2.75, 3.05) is 38.5 Å². The van der Waals surface area contributed by atoms with Crippen molar-refractivity contribution in [1.29, 1.82) is 0 Å². The molecule has 10 heteroatoms. The number of fused-ring (bicyclic) bond motifs is 1. The molecule has 0 unspecified atom stereocenters. The van der Waals surface area contributed by atoms with Crippen LogP contribution in [0.15, 0.2) is 52.5 Å². The van der Waals surface area contributed by atoms with E-state index in [9.17, 15) is 12.8 Å². The molecule has 1 saturated heterocycles. The summed E-state index contributed by atoms with van der Waals surface area (Å²) in [5, 5.41) is 9.45. The molecule has 2 aliphatic rings. The van der Waals surface area contributed by atoms with Crippen LogP contribution < -0.4 is 0 Å². The van der Waals surface area contributed by atoms with E-state index in [1.165, 1.54) is 23.3 Å². The largest absolute Gasteiger partial charge is 0.305 e. The second-order valence-corrected chi connectivity index (χ2v) is 12.5. The van der Waals surface area contributed by atoms with Gasteiger partial charge in [-0.25, -0.2) is 12.8 Å². The summed E-state index contributed by atoms with van der Waals surface area (Å²) in [4.78, 5) is 2.91. The van der Waals surface area contributed by atoms with Gasteiger partial charge in [0.1, 0.15) is 5.82 Å². The number of sulfonamides is 1. The van der Waals surface area contributed by atoms with Crippen LogP contribution in [0.25, 0.3) is 11.4 Å². The maximum Gasteiger partial charge on any atom is 0.243 e. The molecule has 0 saturated carbocycles. The standard InChI is InChI=1S/C26H32FN5O2S2/c1-30-25(21-5-8-23(27)9-6-21)28-29-26(30)35-18-4-13-31-16-11-20-7-10-24(19-22(20)12-17-31)36(33,34)32-14-2-3-15-32/h5-10,19H,2-4,11-18H2,1H3. The van der Waals surface area contributed by atoms with E-state index in [-0.39, 0.29) is 5.82 Å². The third-order valence-corrected chi connectivity index (χ3v) is 10.1. The number of benzene rings is 2. The third-order valence-electron chi connectivity index (χ3n) is 7.06. The summed E-state index contributed by atoms with van der Waals surface area (Å²) in [6.45, 7) is 4.17. The highest BCUT2D eigenvalue weighted by Crippen LogP contribution is 2.26. The molecule has 0 radical (unpaired) electrons. The minimum Gasteiger partial charge on any atom is -0.305 e. The van der Waals surface area contributed by atoms with Crippen molar-refractivity contribution in [3.63, 3.8) is 0 Å². The number of hydrogen-bond acceptors (Lipinski definition) is 6. The third kappa shape index (κ3) is 5.51. The topological polar surface area (TPSA) is 71.3 Å². The number of hydrogen-bond donors (Lipinski definition) is 0. The Labute approximate surface area is 216 Å². The number of halogens is 1. The van der Waals surface area contributed by atoms with E-state index in [4.69, 9.17) is 0 Å². The van der Waals surface area contributed by atoms with Gasteiger partial charge in [0.05, 0.1) is 4.90 Å². The van der Waals surface area contributed by atoms with Crippen molar-refractivity contribution in [3.05, 3.63) is 59.4 Å². The van der Waals surface area contributed by atoms with Crippen molar-refractivity contribution >= 4 is 21.8 Å². The molecule has 1 aromatic heterocycles. The number of thioether (sulfide) groups is 1. The van der Waals surface area contributed by atoms with Gasteiger partial charge in [-0.2, -0.15) is 4.31 Å². The highest BCUT2D eigenvalue weighted by molar-refractivity contribution is 7.99. The maximum atomic E-state index is 13.2. The molecule has 2 aliphatic heterocycles. The lowest BCUT2D eigenvalue weighted by molar-refractivity contribution is 0.289. The Hall–Kier alpha value is -2.27. The molecular formula is C26H32FN5O2S2.